The standard InChI is InChI=1S/C14H32O2Si/c1-8-14(7)17(9-2,15-10-12(3)4)16-11-13(5)6/h12-14H,8-11H2,1-7H3. The zero-order chi connectivity index (χ0) is 13.5. The summed E-state index contributed by atoms with van der Waals surface area (Å²) in [6.07, 6.45) is 1.15. The van der Waals surface area contributed by atoms with Gasteiger partial charge in [-0.3, -0.25) is 0 Å². The Morgan fingerprint density at radius 3 is 1.47 bits per heavy atom. The van der Waals surface area contributed by atoms with Crippen molar-refractivity contribution < 1.29 is 8.85 Å². The van der Waals surface area contributed by atoms with Crippen LogP contribution in [0, 0.1) is 11.8 Å². The first kappa shape index (κ1) is 17.1. The van der Waals surface area contributed by atoms with E-state index in [1.807, 2.05) is 0 Å². The van der Waals surface area contributed by atoms with E-state index in [4.69, 9.17) is 8.85 Å². The molecule has 104 valence electrons. The van der Waals surface area contributed by atoms with E-state index in [2.05, 4.69) is 48.5 Å². The Kier molecular flexibility index (Phi) is 8.34. The molecule has 0 saturated heterocycles. The largest absolute Gasteiger partial charge is 0.394 e. The number of rotatable bonds is 9. The number of hydrogen-bond donors (Lipinski definition) is 0. The van der Waals surface area contributed by atoms with Gasteiger partial charge in [-0.05, 0) is 23.4 Å². The highest BCUT2D eigenvalue weighted by atomic mass is 28.4. The normalized spacial score (nSPS) is 14.6. The molecule has 3 heteroatoms. The van der Waals surface area contributed by atoms with E-state index in [1.54, 1.807) is 0 Å². The van der Waals surface area contributed by atoms with Crippen molar-refractivity contribution in [2.75, 3.05) is 13.2 Å². The summed E-state index contributed by atoms with van der Waals surface area (Å²) in [4.78, 5) is 0. The van der Waals surface area contributed by atoms with Crippen molar-refractivity contribution in [3.8, 4) is 0 Å². The lowest BCUT2D eigenvalue weighted by Crippen LogP contribution is -2.47. The van der Waals surface area contributed by atoms with E-state index in [-0.39, 0.29) is 0 Å². The zero-order valence-electron chi connectivity index (χ0n) is 12.9. The highest BCUT2D eigenvalue weighted by Gasteiger charge is 2.41. The van der Waals surface area contributed by atoms with Gasteiger partial charge >= 0.3 is 8.56 Å². The maximum Gasteiger partial charge on any atom is 0.340 e. The van der Waals surface area contributed by atoms with Gasteiger partial charge in [0.05, 0.1) is 0 Å². The van der Waals surface area contributed by atoms with Gasteiger partial charge in [-0.1, -0.05) is 54.9 Å². The van der Waals surface area contributed by atoms with Crippen LogP contribution in [0.3, 0.4) is 0 Å². The van der Waals surface area contributed by atoms with E-state index >= 15 is 0 Å². The van der Waals surface area contributed by atoms with Crippen LogP contribution in [0.25, 0.3) is 0 Å². The van der Waals surface area contributed by atoms with Crippen LogP contribution in [-0.4, -0.2) is 21.8 Å². The molecule has 1 unspecified atom stereocenters. The highest BCUT2D eigenvalue weighted by molar-refractivity contribution is 6.68. The summed E-state index contributed by atoms with van der Waals surface area (Å²) < 4.78 is 12.5. The molecule has 0 spiro atoms. The van der Waals surface area contributed by atoms with Gasteiger partial charge < -0.3 is 8.85 Å². The van der Waals surface area contributed by atoms with Crippen LogP contribution in [0.15, 0.2) is 0 Å². The molecule has 0 aromatic carbocycles. The lowest BCUT2D eigenvalue weighted by atomic mass is 10.2. The molecule has 1 atom stereocenters. The Morgan fingerprint density at radius 1 is 0.824 bits per heavy atom. The summed E-state index contributed by atoms with van der Waals surface area (Å²) in [6, 6.07) is 1.06. The van der Waals surface area contributed by atoms with E-state index in [0.717, 1.165) is 25.7 Å². The molecular weight excluding hydrogens is 228 g/mol. The Bertz CT molecular complexity index is 181. The van der Waals surface area contributed by atoms with Gasteiger partial charge in [0, 0.05) is 13.2 Å². The van der Waals surface area contributed by atoms with Crippen LogP contribution >= 0.6 is 0 Å². The van der Waals surface area contributed by atoms with E-state index in [0.29, 0.717) is 17.4 Å². The molecule has 0 aromatic heterocycles. The molecule has 0 saturated carbocycles. The molecular formula is C14H32O2Si. The summed E-state index contributed by atoms with van der Waals surface area (Å²) in [6.45, 7) is 17.2. The lowest BCUT2D eigenvalue weighted by molar-refractivity contribution is 0.130. The molecule has 0 aliphatic carbocycles. The van der Waals surface area contributed by atoms with Crippen molar-refractivity contribution in [1.29, 1.82) is 0 Å². The molecule has 0 rings (SSSR count). The third-order valence-corrected chi connectivity index (χ3v) is 7.38. The Balaban J connectivity index is 4.62. The van der Waals surface area contributed by atoms with Gasteiger partial charge in [0.15, 0.2) is 0 Å². The minimum Gasteiger partial charge on any atom is -0.394 e. The maximum absolute atomic E-state index is 6.26. The zero-order valence-corrected chi connectivity index (χ0v) is 13.9. The predicted octanol–water partition coefficient (Wildman–Crippen LogP) is 4.59. The molecule has 0 amide bonds. The molecule has 0 aliphatic rings. The second kappa shape index (κ2) is 8.28. The topological polar surface area (TPSA) is 18.5 Å². The van der Waals surface area contributed by atoms with Crippen molar-refractivity contribution >= 4 is 8.56 Å². The summed E-state index contributed by atoms with van der Waals surface area (Å²) >= 11 is 0. The van der Waals surface area contributed by atoms with Crippen LogP contribution in [0.4, 0.5) is 0 Å². The van der Waals surface area contributed by atoms with Crippen molar-refractivity contribution in [3.63, 3.8) is 0 Å². The van der Waals surface area contributed by atoms with Gasteiger partial charge in [-0.15, -0.1) is 0 Å². The first-order valence-electron chi connectivity index (χ1n) is 7.15. The first-order valence-corrected chi connectivity index (χ1v) is 9.25. The summed E-state index contributed by atoms with van der Waals surface area (Å²) in [5.74, 6) is 1.17. The fourth-order valence-electron chi connectivity index (χ4n) is 1.81. The van der Waals surface area contributed by atoms with Gasteiger partial charge in [0.25, 0.3) is 0 Å². The Hall–Kier alpha value is 0.137. The van der Waals surface area contributed by atoms with Crippen molar-refractivity contribution in [3.05, 3.63) is 0 Å². The monoisotopic (exact) mass is 260 g/mol. The van der Waals surface area contributed by atoms with E-state index in [9.17, 15) is 0 Å². The predicted molar refractivity (Wildman–Crippen MR) is 77.5 cm³/mol. The molecule has 17 heavy (non-hydrogen) atoms. The Labute approximate surface area is 109 Å². The smallest absolute Gasteiger partial charge is 0.340 e. The SMILES string of the molecule is CCC(C)[Si](CC)(OCC(C)C)OCC(C)C. The van der Waals surface area contributed by atoms with Crippen LogP contribution in [0.5, 0.6) is 0 Å². The first-order chi connectivity index (χ1) is 7.88. The molecule has 0 heterocycles. The average molecular weight is 260 g/mol. The van der Waals surface area contributed by atoms with Crippen LogP contribution < -0.4 is 0 Å². The quantitative estimate of drug-likeness (QED) is 0.564. The van der Waals surface area contributed by atoms with Gasteiger partial charge in [-0.25, -0.2) is 0 Å². The fourth-order valence-corrected chi connectivity index (χ4v) is 5.42. The third kappa shape index (κ3) is 6.02. The summed E-state index contributed by atoms with van der Waals surface area (Å²) in [7, 11) is -2.00. The second-order valence-electron chi connectivity index (χ2n) is 5.88. The lowest BCUT2D eigenvalue weighted by Gasteiger charge is -2.36. The van der Waals surface area contributed by atoms with Gasteiger partial charge in [0.1, 0.15) is 0 Å². The van der Waals surface area contributed by atoms with E-state index in [1.165, 1.54) is 0 Å². The molecule has 0 fully saturated rings. The van der Waals surface area contributed by atoms with Crippen LogP contribution in [-0.2, 0) is 8.85 Å². The molecule has 0 N–H and O–H groups in total. The molecule has 0 aromatic rings. The van der Waals surface area contributed by atoms with Gasteiger partial charge in [0.2, 0.25) is 0 Å². The van der Waals surface area contributed by atoms with E-state index < -0.39 is 8.56 Å². The molecule has 0 radical (unpaired) electrons. The van der Waals surface area contributed by atoms with Crippen LogP contribution in [0.2, 0.25) is 11.6 Å². The van der Waals surface area contributed by atoms with Crippen molar-refractivity contribution in [2.24, 2.45) is 11.8 Å². The third-order valence-electron chi connectivity index (χ3n) is 3.18. The van der Waals surface area contributed by atoms with Crippen LogP contribution in [0.1, 0.15) is 54.9 Å². The fraction of sp³-hybridized carbons (Fsp3) is 1.00. The minimum atomic E-state index is -2.00. The summed E-state index contributed by atoms with van der Waals surface area (Å²) in [5, 5.41) is 0. The average Bonchev–Trinajstić information content (AvgIpc) is 2.28. The Morgan fingerprint density at radius 2 is 1.24 bits per heavy atom. The van der Waals surface area contributed by atoms with Crippen molar-refractivity contribution in [2.45, 2.75) is 66.5 Å². The minimum absolute atomic E-state index is 0.574. The van der Waals surface area contributed by atoms with Crippen molar-refractivity contribution in [1.82, 2.24) is 0 Å². The molecule has 2 nitrogen and oxygen atoms in total. The second-order valence-corrected chi connectivity index (χ2v) is 9.78. The maximum atomic E-state index is 6.26. The van der Waals surface area contributed by atoms with Gasteiger partial charge in [-0.2, -0.15) is 0 Å². The number of hydrogen-bond acceptors (Lipinski definition) is 2. The molecule has 0 bridgehead atoms. The highest BCUT2D eigenvalue weighted by Crippen LogP contribution is 2.31. The summed E-state index contributed by atoms with van der Waals surface area (Å²) in [5.41, 5.74) is 0.574. The molecule has 0 aliphatic heterocycles.